The van der Waals surface area contributed by atoms with Crippen LogP contribution in [0.1, 0.15) is 34.3 Å². The molecule has 3 aromatic carbocycles. The maximum Gasteiger partial charge on any atom is 0.408 e. The molecule has 2 atom stereocenters. The molecular formula is C35H42ClN7O8. The van der Waals surface area contributed by atoms with Crippen molar-refractivity contribution in [3.63, 3.8) is 0 Å². The average Bonchev–Trinajstić information content (AvgIpc) is 3.10. The third-order valence-corrected chi connectivity index (χ3v) is 7.92. The predicted octanol–water partition coefficient (Wildman–Crippen LogP) is 2.19. The maximum atomic E-state index is 14.2. The smallest absolute Gasteiger partial charge is 0.408 e. The number of carboxylic acid groups (broad SMARTS) is 1. The number of nitrogens with two attached hydrogens (primary N) is 2. The molecule has 16 heteroatoms. The van der Waals surface area contributed by atoms with Crippen LogP contribution < -0.4 is 26.8 Å². The number of benzene rings is 3. The zero-order chi connectivity index (χ0) is 36.0. The molecule has 0 saturated carbocycles. The van der Waals surface area contributed by atoms with Gasteiger partial charge >= 0.3 is 12.1 Å². The summed E-state index contributed by atoms with van der Waals surface area (Å²) in [5.74, 6) is -2.12. The number of carbonyl (C=O) groups is 5. The van der Waals surface area contributed by atoms with E-state index >= 15 is 0 Å². The first-order chi connectivity index (χ1) is 24.0. The highest BCUT2D eigenvalue weighted by molar-refractivity contribution is 5.95. The van der Waals surface area contributed by atoms with Crippen LogP contribution in [0.2, 0.25) is 0 Å². The minimum atomic E-state index is -1.18. The van der Waals surface area contributed by atoms with Gasteiger partial charge in [-0.15, -0.1) is 12.4 Å². The van der Waals surface area contributed by atoms with Crippen molar-refractivity contribution in [2.75, 3.05) is 33.3 Å². The van der Waals surface area contributed by atoms with E-state index in [-0.39, 0.29) is 69.8 Å². The zero-order valence-corrected chi connectivity index (χ0v) is 28.8. The molecule has 4 rings (SSSR count). The lowest BCUT2D eigenvalue weighted by Crippen LogP contribution is -2.63. The maximum absolute atomic E-state index is 14.2. The summed E-state index contributed by atoms with van der Waals surface area (Å²) in [5, 5.41) is 14.9. The summed E-state index contributed by atoms with van der Waals surface area (Å²) in [5.41, 5.74) is 13.1. The number of methoxy groups -OCH3 is 1. The first-order valence-corrected chi connectivity index (χ1v) is 15.9. The third-order valence-electron chi connectivity index (χ3n) is 7.92. The van der Waals surface area contributed by atoms with Crippen LogP contribution in [0, 0.1) is 0 Å². The number of guanidine groups is 1. The lowest BCUT2D eigenvalue weighted by Gasteiger charge is -2.41. The van der Waals surface area contributed by atoms with Gasteiger partial charge in [0.05, 0.1) is 12.8 Å². The molecule has 0 bridgehead atoms. The molecule has 15 nitrogen and oxygen atoms in total. The summed E-state index contributed by atoms with van der Waals surface area (Å²) >= 11 is 0. The minimum Gasteiger partial charge on any atom is -0.497 e. The van der Waals surface area contributed by atoms with Gasteiger partial charge in [-0.05, 0) is 60.4 Å². The number of nitrogens with one attached hydrogen (secondary N) is 2. The van der Waals surface area contributed by atoms with Gasteiger partial charge in [-0.2, -0.15) is 0 Å². The topological polar surface area (TPSA) is 219 Å². The third kappa shape index (κ3) is 11.9. The van der Waals surface area contributed by atoms with Crippen LogP contribution in [0.3, 0.4) is 0 Å². The summed E-state index contributed by atoms with van der Waals surface area (Å²) in [6.45, 7) is -0.344. The Hall–Kier alpha value is -5.83. The van der Waals surface area contributed by atoms with Gasteiger partial charge in [-0.3, -0.25) is 19.2 Å². The Morgan fingerprint density at radius 3 is 2.27 bits per heavy atom. The highest BCUT2D eigenvalue weighted by Gasteiger charge is 2.40. The van der Waals surface area contributed by atoms with Crippen molar-refractivity contribution < 1.29 is 38.6 Å². The van der Waals surface area contributed by atoms with E-state index in [1.807, 2.05) is 18.2 Å². The number of amides is 4. The lowest BCUT2D eigenvalue weighted by molar-refractivity contribution is -0.156. The predicted molar refractivity (Wildman–Crippen MR) is 191 cm³/mol. The first kappa shape index (κ1) is 39.6. The van der Waals surface area contributed by atoms with Crippen LogP contribution in [-0.2, 0) is 32.1 Å². The van der Waals surface area contributed by atoms with Gasteiger partial charge in [-0.25, -0.2) is 9.79 Å². The van der Waals surface area contributed by atoms with E-state index < -0.39 is 42.5 Å². The summed E-state index contributed by atoms with van der Waals surface area (Å²) in [7, 11) is 1.53. The molecule has 1 heterocycles. The number of nitrogens with zero attached hydrogens (tertiary/aromatic N) is 3. The molecule has 1 saturated heterocycles. The SMILES string of the molecule is COc1ccc(C[C@H](NC(=O)OCc2ccccc2)C(=O)N2CCN(CC(=O)O)C(=O)[C@@H]2CCCNC(=O)c2ccc(N=C(N)N)cc2)cc1.Cl. The number of aliphatic carboxylic acids is 1. The summed E-state index contributed by atoms with van der Waals surface area (Å²) < 4.78 is 10.6. The van der Waals surface area contributed by atoms with E-state index in [2.05, 4.69) is 15.6 Å². The van der Waals surface area contributed by atoms with E-state index in [4.69, 9.17) is 20.9 Å². The second-order valence-electron chi connectivity index (χ2n) is 11.5. The van der Waals surface area contributed by atoms with E-state index in [9.17, 15) is 29.1 Å². The van der Waals surface area contributed by atoms with Crippen molar-refractivity contribution in [1.82, 2.24) is 20.4 Å². The fraction of sp³-hybridized carbons (Fsp3) is 0.314. The van der Waals surface area contributed by atoms with Crippen LogP contribution >= 0.6 is 12.4 Å². The van der Waals surface area contributed by atoms with Crippen LogP contribution in [0.5, 0.6) is 5.75 Å². The number of carboxylic acids is 1. The van der Waals surface area contributed by atoms with Crippen LogP contribution in [-0.4, -0.2) is 96.0 Å². The fourth-order valence-corrected chi connectivity index (χ4v) is 5.44. The summed E-state index contributed by atoms with van der Waals surface area (Å²) in [6.07, 6.45) is -0.327. The number of aliphatic imine (C=N–C) groups is 1. The van der Waals surface area contributed by atoms with Crippen molar-refractivity contribution in [2.45, 2.75) is 38.0 Å². The fourth-order valence-electron chi connectivity index (χ4n) is 5.44. The Morgan fingerprint density at radius 2 is 1.65 bits per heavy atom. The van der Waals surface area contributed by atoms with Crippen molar-refractivity contribution in [1.29, 1.82) is 0 Å². The number of carbonyl (C=O) groups excluding carboxylic acids is 4. The van der Waals surface area contributed by atoms with Crippen LogP contribution in [0.25, 0.3) is 0 Å². The second-order valence-corrected chi connectivity index (χ2v) is 11.5. The van der Waals surface area contributed by atoms with Crippen molar-refractivity contribution in [2.24, 2.45) is 16.5 Å². The van der Waals surface area contributed by atoms with E-state index in [0.29, 0.717) is 22.6 Å². The number of alkyl carbamates (subject to hydrolysis) is 1. The van der Waals surface area contributed by atoms with Gasteiger partial charge in [0.2, 0.25) is 11.8 Å². The highest BCUT2D eigenvalue weighted by Crippen LogP contribution is 2.20. The summed E-state index contributed by atoms with van der Waals surface area (Å²) in [6, 6.07) is 20.2. The number of hydrogen-bond acceptors (Lipinski definition) is 8. The number of ether oxygens (including phenoxy) is 2. The molecule has 1 fully saturated rings. The second kappa shape index (κ2) is 19.4. The van der Waals surface area contributed by atoms with Crippen LogP contribution in [0.4, 0.5) is 10.5 Å². The van der Waals surface area contributed by atoms with Crippen molar-refractivity contribution in [3.05, 3.63) is 95.6 Å². The number of piperazine rings is 1. The number of hydrogen-bond donors (Lipinski definition) is 5. The largest absolute Gasteiger partial charge is 0.497 e. The molecule has 3 aromatic rings. The Bertz CT molecular complexity index is 1670. The minimum absolute atomic E-state index is 0. The van der Waals surface area contributed by atoms with E-state index in [0.717, 1.165) is 5.56 Å². The summed E-state index contributed by atoms with van der Waals surface area (Å²) in [4.78, 5) is 71.5. The Morgan fingerprint density at radius 1 is 0.961 bits per heavy atom. The van der Waals surface area contributed by atoms with E-state index in [1.165, 1.54) is 16.9 Å². The Kier molecular flexibility index (Phi) is 15.1. The van der Waals surface area contributed by atoms with Crippen molar-refractivity contribution >= 4 is 53.8 Å². The normalized spacial score (nSPS) is 14.4. The molecule has 272 valence electrons. The standard InChI is InChI=1S/C35H41N7O8.ClH/c1-49-27-15-9-23(10-16-27)20-28(40-35(48)50-22-24-6-3-2-4-7-24)32(46)42-19-18-41(21-30(43)44)33(47)29(42)8-5-17-38-31(45)25-11-13-26(14-12-25)39-34(36)37;/h2-4,6-7,9-16,28-29H,5,8,17-22H2,1H3,(H,38,45)(H,40,48)(H,43,44)(H4,36,37,39);1H/t28-,29-;/m0./s1. The average molecular weight is 724 g/mol. The Balaban J connectivity index is 0.00000702. The van der Waals surface area contributed by atoms with Gasteiger partial charge in [-0.1, -0.05) is 42.5 Å². The molecule has 4 amide bonds. The molecule has 0 spiro atoms. The molecule has 1 aliphatic heterocycles. The molecule has 0 aliphatic carbocycles. The number of rotatable bonds is 15. The van der Waals surface area contributed by atoms with Crippen molar-refractivity contribution in [3.8, 4) is 5.75 Å². The monoisotopic (exact) mass is 723 g/mol. The van der Waals surface area contributed by atoms with Gasteiger partial charge in [0.15, 0.2) is 5.96 Å². The quantitative estimate of drug-likeness (QED) is 0.0874. The molecule has 0 aromatic heterocycles. The molecule has 1 aliphatic rings. The molecule has 51 heavy (non-hydrogen) atoms. The van der Waals surface area contributed by atoms with Gasteiger partial charge in [0.25, 0.3) is 5.91 Å². The molecule has 0 unspecified atom stereocenters. The Labute approximate surface area is 301 Å². The van der Waals surface area contributed by atoms with Gasteiger partial charge in [0.1, 0.15) is 31.0 Å². The van der Waals surface area contributed by atoms with E-state index in [1.54, 1.807) is 60.7 Å². The van der Waals surface area contributed by atoms with Crippen LogP contribution in [0.15, 0.2) is 83.9 Å². The highest BCUT2D eigenvalue weighted by atomic mass is 35.5. The zero-order valence-electron chi connectivity index (χ0n) is 28.0. The van der Waals surface area contributed by atoms with Gasteiger partial charge in [0, 0.05) is 31.6 Å². The lowest BCUT2D eigenvalue weighted by atomic mass is 10.00. The molecule has 7 N–H and O–H groups in total. The number of halogens is 1. The molecule has 0 radical (unpaired) electrons. The first-order valence-electron chi connectivity index (χ1n) is 15.9. The molecular weight excluding hydrogens is 682 g/mol. The van der Waals surface area contributed by atoms with Gasteiger partial charge < -0.3 is 46.5 Å².